The summed E-state index contributed by atoms with van der Waals surface area (Å²) < 4.78 is 13.6. The molecule has 0 saturated carbocycles. The van der Waals surface area contributed by atoms with Crippen LogP contribution in [0.1, 0.15) is 25.5 Å². The highest BCUT2D eigenvalue weighted by atomic mass is 16.6. The average Bonchev–Trinajstić information content (AvgIpc) is 3.26. The van der Waals surface area contributed by atoms with E-state index in [9.17, 15) is 14.4 Å². The summed E-state index contributed by atoms with van der Waals surface area (Å²) in [6.45, 7) is 3.72. The molecule has 2 atom stereocenters. The van der Waals surface area contributed by atoms with Gasteiger partial charge in [-0.25, -0.2) is 9.48 Å². The van der Waals surface area contributed by atoms with Crippen LogP contribution in [0.15, 0.2) is 35.1 Å². The first-order chi connectivity index (χ1) is 12.9. The van der Waals surface area contributed by atoms with Crippen LogP contribution in [0.25, 0.3) is 5.69 Å². The maximum Gasteiger partial charge on any atom is 0.336 e. The number of carbonyl (C=O) groups excluding carboxylic acids is 2. The summed E-state index contributed by atoms with van der Waals surface area (Å²) in [6, 6.07) is 9.12. The van der Waals surface area contributed by atoms with Crippen LogP contribution in [-0.4, -0.2) is 40.1 Å². The van der Waals surface area contributed by atoms with Crippen molar-refractivity contribution in [1.29, 1.82) is 0 Å². The largest absolute Gasteiger partial charge is 0.451 e. The Hall–Kier alpha value is -2.87. The van der Waals surface area contributed by atoms with Crippen LogP contribution in [0.2, 0.25) is 0 Å². The number of para-hydroxylation sites is 1. The van der Waals surface area contributed by atoms with E-state index in [0.29, 0.717) is 24.4 Å². The number of amides is 1. The standard InChI is InChI=1S/C19H23N3O5/c1-12-16(18(24)22(21(12)3)14-8-5-4-6-9-14)20-17(23)13(2)27-19(25)15-10-7-11-26-15/h4-6,8-9,13,15H,7,10-11H2,1-3H3,(H,20,23)/t13-,15-/m1/s1. The van der Waals surface area contributed by atoms with Crippen LogP contribution in [0.5, 0.6) is 0 Å². The van der Waals surface area contributed by atoms with Crippen molar-refractivity contribution in [2.24, 2.45) is 7.05 Å². The van der Waals surface area contributed by atoms with Gasteiger partial charge in [0.1, 0.15) is 5.69 Å². The Bertz CT molecular complexity index is 894. The Labute approximate surface area is 156 Å². The van der Waals surface area contributed by atoms with Gasteiger partial charge in [0, 0.05) is 13.7 Å². The van der Waals surface area contributed by atoms with Gasteiger partial charge in [0.2, 0.25) is 0 Å². The van der Waals surface area contributed by atoms with Crippen LogP contribution >= 0.6 is 0 Å². The molecule has 1 N–H and O–H groups in total. The fraction of sp³-hybridized carbons (Fsp3) is 0.421. The molecule has 1 aliphatic heterocycles. The lowest BCUT2D eigenvalue weighted by Crippen LogP contribution is -2.35. The minimum Gasteiger partial charge on any atom is -0.451 e. The number of benzene rings is 1. The molecule has 0 bridgehead atoms. The number of nitrogens with one attached hydrogen (secondary N) is 1. The molecule has 8 nitrogen and oxygen atoms in total. The Morgan fingerprint density at radius 3 is 2.63 bits per heavy atom. The maximum absolute atomic E-state index is 12.8. The lowest BCUT2D eigenvalue weighted by Gasteiger charge is -2.15. The van der Waals surface area contributed by atoms with Gasteiger partial charge in [0.15, 0.2) is 12.2 Å². The number of ether oxygens (including phenoxy) is 2. The van der Waals surface area contributed by atoms with Gasteiger partial charge < -0.3 is 14.8 Å². The number of hydrogen-bond acceptors (Lipinski definition) is 5. The van der Waals surface area contributed by atoms with Crippen molar-refractivity contribution in [2.75, 3.05) is 11.9 Å². The number of rotatable bonds is 5. The molecule has 0 spiro atoms. The predicted octanol–water partition coefficient (Wildman–Crippen LogP) is 1.53. The van der Waals surface area contributed by atoms with Gasteiger partial charge in [-0.15, -0.1) is 0 Å². The minimum atomic E-state index is -1.04. The molecular weight excluding hydrogens is 350 g/mol. The van der Waals surface area contributed by atoms with E-state index in [-0.39, 0.29) is 11.2 Å². The zero-order valence-corrected chi connectivity index (χ0v) is 15.6. The molecule has 1 aromatic heterocycles. The average molecular weight is 373 g/mol. The Balaban J connectivity index is 1.76. The molecule has 2 aromatic rings. The molecule has 0 aliphatic carbocycles. The first-order valence-corrected chi connectivity index (χ1v) is 8.87. The van der Waals surface area contributed by atoms with Crippen LogP contribution in [0.3, 0.4) is 0 Å². The monoisotopic (exact) mass is 373 g/mol. The number of hydrogen-bond donors (Lipinski definition) is 1. The zero-order valence-electron chi connectivity index (χ0n) is 15.6. The molecule has 1 amide bonds. The van der Waals surface area contributed by atoms with Gasteiger partial charge in [-0.2, -0.15) is 0 Å². The molecule has 8 heteroatoms. The van der Waals surface area contributed by atoms with Gasteiger partial charge in [0.05, 0.1) is 11.4 Å². The number of nitrogens with zero attached hydrogens (tertiary/aromatic N) is 2. The van der Waals surface area contributed by atoms with Crippen molar-refractivity contribution in [2.45, 2.75) is 38.9 Å². The van der Waals surface area contributed by atoms with Gasteiger partial charge in [-0.1, -0.05) is 18.2 Å². The van der Waals surface area contributed by atoms with Crippen LogP contribution in [0, 0.1) is 6.92 Å². The summed E-state index contributed by atoms with van der Waals surface area (Å²) >= 11 is 0. The van der Waals surface area contributed by atoms with E-state index in [0.717, 1.165) is 6.42 Å². The highest BCUT2D eigenvalue weighted by Crippen LogP contribution is 2.16. The highest BCUT2D eigenvalue weighted by molar-refractivity contribution is 5.95. The van der Waals surface area contributed by atoms with E-state index >= 15 is 0 Å². The molecule has 27 heavy (non-hydrogen) atoms. The van der Waals surface area contributed by atoms with E-state index < -0.39 is 24.1 Å². The third-order valence-corrected chi connectivity index (χ3v) is 4.66. The van der Waals surface area contributed by atoms with Gasteiger partial charge in [-0.3, -0.25) is 14.3 Å². The van der Waals surface area contributed by atoms with Crippen molar-refractivity contribution in [3.63, 3.8) is 0 Å². The van der Waals surface area contributed by atoms with Crippen LogP contribution in [0.4, 0.5) is 5.69 Å². The molecule has 0 unspecified atom stereocenters. The van der Waals surface area contributed by atoms with Crippen molar-refractivity contribution >= 4 is 17.6 Å². The van der Waals surface area contributed by atoms with Crippen LogP contribution < -0.4 is 10.9 Å². The first kappa shape index (κ1) is 18.9. The van der Waals surface area contributed by atoms with Gasteiger partial charge >= 0.3 is 5.97 Å². The van der Waals surface area contributed by atoms with Crippen molar-refractivity contribution in [3.8, 4) is 5.69 Å². The van der Waals surface area contributed by atoms with Crippen molar-refractivity contribution in [1.82, 2.24) is 9.36 Å². The normalized spacial score (nSPS) is 17.5. The lowest BCUT2D eigenvalue weighted by molar-refractivity contribution is -0.162. The first-order valence-electron chi connectivity index (χ1n) is 8.87. The summed E-state index contributed by atoms with van der Waals surface area (Å²) in [4.78, 5) is 37.2. The Morgan fingerprint density at radius 2 is 2.00 bits per heavy atom. The number of carbonyl (C=O) groups is 2. The Kier molecular flexibility index (Phi) is 5.46. The van der Waals surface area contributed by atoms with E-state index in [1.54, 1.807) is 30.8 Å². The highest BCUT2D eigenvalue weighted by Gasteiger charge is 2.29. The molecule has 2 heterocycles. The maximum atomic E-state index is 12.8. The second kappa shape index (κ2) is 7.79. The molecule has 1 aliphatic rings. The smallest absolute Gasteiger partial charge is 0.336 e. The van der Waals surface area contributed by atoms with E-state index in [4.69, 9.17) is 9.47 Å². The third kappa shape index (κ3) is 3.80. The van der Waals surface area contributed by atoms with E-state index in [1.165, 1.54) is 11.6 Å². The molecule has 1 fully saturated rings. The predicted molar refractivity (Wildman–Crippen MR) is 98.9 cm³/mol. The van der Waals surface area contributed by atoms with Crippen molar-refractivity contribution in [3.05, 3.63) is 46.4 Å². The second-order valence-electron chi connectivity index (χ2n) is 6.51. The quantitative estimate of drug-likeness (QED) is 0.803. The molecule has 144 valence electrons. The summed E-state index contributed by atoms with van der Waals surface area (Å²) in [5, 5.41) is 2.59. The Morgan fingerprint density at radius 1 is 1.30 bits per heavy atom. The number of esters is 1. The molecule has 1 saturated heterocycles. The molecule has 0 radical (unpaired) electrons. The SMILES string of the molecule is Cc1c(NC(=O)[C@@H](C)OC(=O)[C@H]2CCCO2)c(=O)n(-c2ccccc2)n1C. The van der Waals surface area contributed by atoms with Crippen LogP contribution in [-0.2, 0) is 26.1 Å². The van der Waals surface area contributed by atoms with E-state index in [1.807, 2.05) is 18.2 Å². The van der Waals surface area contributed by atoms with Gasteiger partial charge in [-0.05, 0) is 38.8 Å². The van der Waals surface area contributed by atoms with Crippen molar-refractivity contribution < 1.29 is 19.1 Å². The fourth-order valence-corrected chi connectivity index (χ4v) is 3.00. The summed E-state index contributed by atoms with van der Waals surface area (Å²) in [6.07, 6.45) is -0.269. The zero-order chi connectivity index (χ0) is 19.6. The molecule has 3 rings (SSSR count). The summed E-state index contributed by atoms with van der Waals surface area (Å²) in [5.41, 5.74) is 1.08. The number of anilines is 1. The summed E-state index contributed by atoms with van der Waals surface area (Å²) in [5.74, 6) is -1.12. The lowest BCUT2D eigenvalue weighted by atomic mass is 10.2. The fourth-order valence-electron chi connectivity index (χ4n) is 3.00. The summed E-state index contributed by atoms with van der Waals surface area (Å²) in [7, 11) is 1.74. The van der Waals surface area contributed by atoms with E-state index in [2.05, 4.69) is 5.32 Å². The topological polar surface area (TPSA) is 91.6 Å². The molecule has 1 aromatic carbocycles. The van der Waals surface area contributed by atoms with Gasteiger partial charge in [0.25, 0.3) is 11.5 Å². The minimum absolute atomic E-state index is 0.159. The molecular formula is C19H23N3O5. The second-order valence-corrected chi connectivity index (χ2v) is 6.51. The number of aromatic nitrogens is 2. The third-order valence-electron chi connectivity index (χ3n) is 4.66.